The van der Waals surface area contributed by atoms with Crippen molar-refractivity contribution in [3.05, 3.63) is 75.5 Å². The zero-order valence-corrected chi connectivity index (χ0v) is 15.4. The van der Waals surface area contributed by atoms with Gasteiger partial charge in [0.1, 0.15) is 5.76 Å². The first kappa shape index (κ1) is 19.4. The third-order valence-electron chi connectivity index (χ3n) is 3.66. The second-order valence-corrected chi connectivity index (χ2v) is 7.58. The molecule has 0 aliphatic heterocycles. The molecule has 144 valence electrons. The van der Waals surface area contributed by atoms with E-state index in [1.165, 1.54) is 42.5 Å². The normalized spacial score (nSPS) is 11.2. The quantitative estimate of drug-likeness (QED) is 0.451. The number of sulfonamides is 1. The van der Waals surface area contributed by atoms with E-state index in [9.17, 15) is 23.3 Å². The number of hydrogen-bond donors (Lipinski definition) is 2. The molecule has 0 aliphatic rings. The molecule has 9 nitrogen and oxygen atoms in total. The maximum absolute atomic E-state index is 12.8. The number of nitrogens with one attached hydrogen (secondary N) is 1. The minimum absolute atomic E-state index is 0.0306. The van der Waals surface area contributed by atoms with Gasteiger partial charge in [-0.2, -0.15) is 0 Å². The van der Waals surface area contributed by atoms with Crippen LogP contribution < -0.4 is 4.72 Å². The standard InChI is InChI=1S/C17H11ClN2O7S/c18-10-5-6-11(14-7-8-15(27-14)17(21)22)12(9-10)19-28(25,26)16-4-2-1-3-13(16)20(23)24/h1-9,19H,(H,21,22). The molecule has 3 rings (SSSR count). The number of halogens is 1. The third kappa shape index (κ3) is 3.82. The number of para-hydroxylation sites is 1. The monoisotopic (exact) mass is 422 g/mol. The smallest absolute Gasteiger partial charge is 0.371 e. The summed E-state index contributed by atoms with van der Waals surface area (Å²) in [6.45, 7) is 0. The van der Waals surface area contributed by atoms with Gasteiger partial charge in [0, 0.05) is 16.7 Å². The van der Waals surface area contributed by atoms with Crippen molar-refractivity contribution in [2.75, 3.05) is 4.72 Å². The molecule has 0 amide bonds. The lowest BCUT2D eigenvalue weighted by atomic mass is 10.1. The molecule has 0 spiro atoms. The molecule has 0 atom stereocenters. The summed E-state index contributed by atoms with van der Waals surface area (Å²) in [5.74, 6) is -1.55. The fraction of sp³-hybridized carbons (Fsp3) is 0. The molecule has 0 aliphatic carbocycles. The number of nitrogens with zero attached hydrogens (tertiary/aromatic N) is 1. The van der Waals surface area contributed by atoms with Crippen molar-refractivity contribution in [3.63, 3.8) is 0 Å². The summed E-state index contributed by atoms with van der Waals surface area (Å²) < 4.78 is 33.0. The number of carbonyl (C=O) groups is 1. The number of rotatable bonds is 6. The van der Waals surface area contributed by atoms with E-state index in [2.05, 4.69) is 4.72 Å². The molecule has 0 saturated carbocycles. The molecule has 1 heterocycles. The summed E-state index contributed by atoms with van der Waals surface area (Å²) in [7, 11) is -4.35. The summed E-state index contributed by atoms with van der Waals surface area (Å²) in [5, 5.41) is 20.3. The van der Waals surface area contributed by atoms with Crippen LogP contribution in [0.1, 0.15) is 10.6 Å². The summed E-state index contributed by atoms with van der Waals surface area (Å²) in [6, 6.07) is 11.6. The first-order chi connectivity index (χ1) is 13.2. The fourth-order valence-corrected chi connectivity index (χ4v) is 3.86. The van der Waals surface area contributed by atoms with Gasteiger partial charge in [-0.05, 0) is 36.4 Å². The topological polar surface area (TPSA) is 140 Å². The van der Waals surface area contributed by atoms with Gasteiger partial charge in [0.05, 0.1) is 10.6 Å². The molecule has 0 bridgehead atoms. The Kier molecular flexibility index (Phi) is 5.08. The van der Waals surface area contributed by atoms with Gasteiger partial charge >= 0.3 is 5.97 Å². The molecule has 11 heteroatoms. The Hall–Kier alpha value is -3.37. The number of nitro groups is 1. The van der Waals surface area contributed by atoms with Gasteiger partial charge in [0.25, 0.3) is 15.7 Å². The lowest BCUT2D eigenvalue weighted by Gasteiger charge is -2.12. The van der Waals surface area contributed by atoms with Gasteiger partial charge in [-0.15, -0.1) is 0 Å². The first-order valence-corrected chi connectivity index (χ1v) is 9.44. The van der Waals surface area contributed by atoms with E-state index in [4.69, 9.17) is 21.1 Å². The van der Waals surface area contributed by atoms with Gasteiger partial charge in [-0.25, -0.2) is 13.2 Å². The lowest BCUT2D eigenvalue weighted by molar-refractivity contribution is -0.387. The van der Waals surface area contributed by atoms with Crippen LogP contribution in [0.2, 0.25) is 5.02 Å². The Labute approximate surface area is 163 Å². The van der Waals surface area contributed by atoms with E-state index in [0.29, 0.717) is 0 Å². The number of aromatic carboxylic acids is 1. The number of furan rings is 1. The molecule has 3 aromatic rings. The molecule has 0 saturated heterocycles. The summed E-state index contributed by atoms with van der Waals surface area (Å²) in [6.07, 6.45) is 0. The van der Waals surface area contributed by atoms with Crippen LogP contribution in [0.4, 0.5) is 11.4 Å². The van der Waals surface area contributed by atoms with E-state index < -0.39 is 31.5 Å². The summed E-state index contributed by atoms with van der Waals surface area (Å²) in [4.78, 5) is 20.8. The van der Waals surface area contributed by atoms with Gasteiger partial charge in [-0.1, -0.05) is 23.7 Å². The highest BCUT2D eigenvalue weighted by Crippen LogP contribution is 2.34. The molecule has 2 aromatic carbocycles. The summed E-state index contributed by atoms with van der Waals surface area (Å²) in [5.41, 5.74) is -0.416. The average Bonchev–Trinajstić information content (AvgIpc) is 3.11. The number of anilines is 1. The molecular weight excluding hydrogens is 412 g/mol. The van der Waals surface area contributed by atoms with Crippen LogP contribution in [0.15, 0.2) is 63.9 Å². The molecule has 0 fully saturated rings. The maximum atomic E-state index is 12.8. The lowest BCUT2D eigenvalue weighted by Crippen LogP contribution is -2.15. The van der Waals surface area contributed by atoms with Crippen LogP contribution in [0, 0.1) is 10.1 Å². The number of benzene rings is 2. The van der Waals surface area contributed by atoms with E-state index >= 15 is 0 Å². The Morgan fingerprint density at radius 1 is 1.14 bits per heavy atom. The Morgan fingerprint density at radius 2 is 1.86 bits per heavy atom. The second-order valence-electron chi connectivity index (χ2n) is 5.49. The zero-order valence-electron chi connectivity index (χ0n) is 13.8. The highest BCUT2D eigenvalue weighted by Gasteiger charge is 2.26. The van der Waals surface area contributed by atoms with Crippen LogP contribution in [-0.2, 0) is 10.0 Å². The van der Waals surface area contributed by atoms with Crippen molar-refractivity contribution < 1.29 is 27.7 Å². The van der Waals surface area contributed by atoms with Crippen molar-refractivity contribution in [3.8, 4) is 11.3 Å². The van der Waals surface area contributed by atoms with Gasteiger partial charge in [0.2, 0.25) is 5.76 Å². The number of nitro benzene ring substituents is 1. The largest absolute Gasteiger partial charge is 0.475 e. The predicted octanol–water partition coefficient (Wildman–Crippen LogP) is 4.01. The SMILES string of the molecule is O=C(O)c1ccc(-c2ccc(Cl)cc2NS(=O)(=O)c2ccccc2[N+](=O)[O-])o1. The zero-order chi connectivity index (χ0) is 20.5. The van der Waals surface area contributed by atoms with Crippen LogP contribution in [0.5, 0.6) is 0 Å². The Morgan fingerprint density at radius 3 is 2.50 bits per heavy atom. The van der Waals surface area contributed by atoms with E-state index in [1.54, 1.807) is 0 Å². The van der Waals surface area contributed by atoms with E-state index in [-0.39, 0.29) is 27.8 Å². The van der Waals surface area contributed by atoms with Crippen molar-refractivity contribution in [2.24, 2.45) is 0 Å². The molecule has 0 unspecified atom stereocenters. The molecule has 0 radical (unpaired) electrons. The van der Waals surface area contributed by atoms with Gasteiger partial charge in [0.15, 0.2) is 4.90 Å². The first-order valence-electron chi connectivity index (χ1n) is 7.58. The van der Waals surface area contributed by atoms with Crippen LogP contribution in [0.25, 0.3) is 11.3 Å². The van der Waals surface area contributed by atoms with Crippen molar-refractivity contribution >= 4 is 39.0 Å². The van der Waals surface area contributed by atoms with Gasteiger partial charge in [-0.3, -0.25) is 14.8 Å². The van der Waals surface area contributed by atoms with E-state index in [0.717, 1.165) is 12.1 Å². The number of hydrogen-bond acceptors (Lipinski definition) is 6. The summed E-state index contributed by atoms with van der Waals surface area (Å²) >= 11 is 5.95. The highest BCUT2D eigenvalue weighted by molar-refractivity contribution is 7.92. The average molecular weight is 423 g/mol. The van der Waals surface area contributed by atoms with E-state index in [1.807, 2.05) is 0 Å². The van der Waals surface area contributed by atoms with Crippen molar-refractivity contribution in [1.82, 2.24) is 0 Å². The third-order valence-corrected chi connectivity index (χ3v) is 5.31. The fourth-order valence-electron chi connectivity index (χ4n) is 2.45. The Balaban J connectivity index is 2.08. The van der Waals surface area contributed by atoms with Crippen molar-refractivity contribution in [2.45, 2.75) is 4.90 Å². The molecule has 1 aromatic heterocycles. The Bertz CT molecular complexity index is 1190. The number of carboxylic acids is 1. The van der Waals surface area contributed by atoms with Crippen LogP contribution in [0.3, 0.4) is 0 Å². The minimum atomic E-state index is -4.35. The minimum Gasteiger partial charge on any atom is -0.475 e. The van der Waals surface area contributed by atoms with Crippen molar-refractivity contribution in [1.29, 1.82) is 0 Å². The second kappa shape index (κ2) is 7.33. The molecule has 28 heavy (non-hydrogen) atoms. The maximum Gasteiger partial charge on any atom is 0.371 e. The predicted molar refractivity (Wildman–Crippen MR) is 100 cm³/mol. The molecule has 2 N–H and O–H groups in total. The molecular formula is C17H11ClN2O7S. The number of carboxylic acid groups (broad SMARTS) is 1. The highest BCUT2D eigenvalue weighted by atomic mass is 35.5. The van der Waals surface area contributed by atoms with Crippen LogP contribution >= 0.6 is 11.6 Å². The van der Waals surface area contributed by atoms with Crippen LogP contribution in [-0.4, -0.2) is 24.4 Å². The van der Waals surface area contributed by atoms with Gasteiger partial charge < -0.3 is 9.52 Å².